The summed E-state index contributed by atoms with van der Waals surface area (Å²) in [4.78, 5) is 31.3. The molecule has 5 nitrogen and oxygen atoms in total. The van der Waals surface area contributed by atoms with E-state index >= 15 is 0 Å². The van der Waals surface area contributed by atoms with Gasteiger partial charge in [-0.1, -0.05) is 62.9 Å². The van der Waals surface area contributed by atoms with Gasteiger partial charge in [0.25, 0.3) is 5.56 Å². The van der Waals surface area contributed by atoms with Crippen molar-refractivity contribution in [3.05, 3.63) is 51.9 Å². The van der Waals surface area contributed by atoms with E-state index in [1.54, 1.807) is 0 Å². The number of nitrogens with zero attached hydrogens (tertiary/aromatic N) is 2. The van der Waals surface area contributed by atoms with E-state index in [2.05, 4.69) is 17.3 Å². The molecular formula is C21H25N3O2S. The third-order valence-corrected chi connectivity index (χ3v) is 5.62. The molecule has 2 aromatic heterocycles. The molecule has 0 spiro atoms. The Kier molecular flexibility index (Phi) is 6.40. The molecule has 6 heteroatoms. The van der Waals surface area contributed by atoms with Crippen LogP contribution in [0.15, 0.2) is 41.5 Å². The molecule has 2 heterocycles. The molecule has 1 aromatic carbocycles. The van der Waals surface area contributed by atoms with Crippen molar-refractivity contribution in [3.8, 4) is 11.1 Å². The zero-order valence-corrected chi connectivity index (χ0v) is 16.6. The predicted molar refractivity (Wildman–Crippen MR) is 112 cm³/mol. The zero-order chi connectivity index (χ0) is 19.2. The monoisotopic (exact) mass is 383 g/mol. The number of aromatic nitrogens is 2. The van der Waals surface area contributed by atoms with E-state index in [0.717, 1.165) is 35.3 Å². The lowest BCUT2D eigenvalue weighted by Crippen LogP contribution is -2.33. The number of fused-ring (bicyclic) bond motifs is 1. The lowest BCUT2D eigenvalue weighted by atomic mass is 10.0. The van der Waals surface area contributed by atoms with Gasteiger partial charge in [0.1, 0.15) is 11.2 Å². The molecule has 0 radical (unpaired) electrons. The number of unbranched alkanes of at least 4 members (excludes halogenated alkanes) is 4. The molecular weight excluding hydrogens is 358 g/mol. The molecule has 142 valence electrons. The Labute approximate surface area is 163 Å². The van der Waals surface area contributed by atoms with Crippen molar-refractivity contribution in [1.29, 1.82) is 0 Å². The SMILES string of the molecule is CCCCCCCC(=O)Nn1cnc2sc(C)c(-c3ccccc3)c2c1=O. The average Bonchev–Trinajstić information content (AvgIpc) is 3.01. The summed E-state index contributed by atoms with van der Waals surface area (Å²) in [6.45, 7) is 4.16. The third-order valence-electron chi connectivity index (χ3n) is 4.60. The first-order valence-electron chi connectivity index (χ1n) is 9.48. The van der Waals surface area contributed by atoms with Gasteiger partial charge >= 0.3 is 0 Å². The highest BCUT2D eigenvalue weighted by Gasteiger charge is 2.17. The number of hydrogen-bond donors (Lipinski definition) is 1. The van der Waals surface area contributed by atoms with Crippen molar-refractivity contribution >= 4 is 27.5 Å². The van der Waals surface area contributed by atoms with Gasteiger partial charge in [-0.05, 0) is 18.9 Å². The molecule has 0 saturated heterocycles. The van der Waals surface area contributed by atoms with Crippen LogP contribution in [0.4, 0.5) is 0 Å². The van der Waals surface area contributed by atoms with Crippen LogP contribution in [-0.4, -0.2) is 15.6 Å². The smallest absolute Gasteiger partial charge is 0.273 e. The van der Waals surface area contributed by atoms with Gasteiger partial charge in [-0.2, -0.15) is 0 Å². The van der Waals surface area contributed by atoms with E-state index < -0.39 is 0 Å². The second-order valence-corrected chi connectivity index (χ2v) is 7.90. The maximum atomic E-state index is 13.0. The first-order valence-corrected chi connectivity index (χ1v) is 10.3. The molecule has 27 heavy (non-hydrogen) atoms. The fraction of sp³-hybridized carbons (Fsp3) is 0.381. The molecule has 0 aliphatic rings. The maximum absolute atomic E-state index is 13.0. The molecule has 0 fully saturated rings. The molecule has 0 bridgehead atoms. The molecule has 1 N–H and O–H groups in total. The first kappa shape index (κ1) is 19.3. The van der Waals surface area contributed by atoms with E-state index in [1.165, 1.54) is 35.2 Å². The van der Waals surface area contributed by atoms with Crippen LogP contribution in [0.3, 0.4) is 0 Å². The van der Waals surface area contributed by atoms with E-state index in [1.807, 2.05) is 37.3 Å². The number of hydrogen-bond acceptors (Lipinski definition) is 4. The van der Waals surface area contributed by atoms with Gasteiger partial charge in [0.05, 0.1) is 5.39 Å². The third kappa shape index (κ3) is 4.45. The summed E-state index contributed by atoms with van der Waals surface area (Å²) in [5, 5.41) is 0.564. The van der Waals surface area contributed by atoms with Crippen LogP contribution < -0.4 is 11.0 Å². The number of amides is 1. The Morgan fingerprint density at radius 1 is 1.15 bits per heavy atom. The van der Waals surface area contributed by atoms with Gasteiger partial charge < -0.3 is 0 Å². The van der Waals surface area contributed by atoms with Crippen LogP contribution in [0, 0.1) is 6.92 Å². The quantitative estimate of drug-likeness (QED) is 0.565. The standard InChI is InChI=1S/C21H25N3O2S/c1-3-4-5-6-10-13-17(25)23-24-14-22-20-19(21(24)26)18(15(2)27-20)16-11-8-7-9-12-16/h7-9,11-12,14H,3-6,10,13H2,1-2H3,(H,23,25). The highest BCUT2D eigenvalue weighted by Crippen LogP contribution is 2.35. The normalized spacial score (nSPS) is 11.0. The van der Waals surface area contributed by atoms with Crippen molar-refractivity contribution in [2.45, 2.75) is 52.4 Å². The lowest BCUT2D eigenvalue weighted by Gasteiger charge is -2.08. The van der Waals surface area contributed by atoms with Gasteiger partial charge in [0.15, 0.2) is 0 Å². The highest BCUT2D eigenvalue weighted by molar-refractivity contribution is 7.19. The Balaban J connectivity index is 1.83. The summed E-state index contributed by atoms with van der Waals surface area (Å²) in [6, 6.07) is 9.83. The first-order chi connectivity index (χ1) is 13.1. The maximum Gasteiger partial charge on any atom is 0.281 e. The van der Waals surface area contributed by atoms with Gasteiger partial charge in [0, 0.05) is 16.9 Å². The number of rotatable bonds is 8. The average molecular weight is 384 g/mol. The fourth-order valence-corrected chi connectivity index (χ4v) is 4.22. The summed E-state index contributed by atoms with van der Waals surface area (Å²) in [6.07, 6.45) is 7.22. The minimum Gasteiger partial charge on any atom is -0.273 e. The van der Waals surface area contributed by atoms with Gasteiger partial charge in [-0.15, -0.1) is 11.3 Å². The topological polar surface area (TPSA) is 64.0 Å². The number of thiophene rings is 1. The van der Waals surface area contributed by atoms with E-state index in [4.69, 9.17) is 0 Å². The Morgan fingerprint density at radius 3 is 2.63 bits per heavy atom. The number of carbonyl (C=O) groups excluding carboxylic acids is 1. The van der Waals surface area contributed by atoms with Gasteiger partial charge in [0.2, 0.25) is 5.91 Å². The summed E-state index contributed by atoms with van der Waals surface area (Å²) in [7, 11) is 0. The van der Waals surface area contributed by atoms with Crippen LogP contribution in [0.5, 0.6) is 0 Å². The van der Waals surface area contributed by atoms with Crippen molar-refractivity contribution < 1.29 is 4.79 Å². The van der Waals surface area contributed by atoms with E-state index in [0.29, 0.717) is 16.6 Å². The van der Waals surface area contributed by atoms with Crippen LogP contribution >= 0.6 is 11.3 Å². The van der Waals surface area contributed by atoms with Crippen LogP contribution in [0.1, 0.15) is 50.3 Å². The van der Waals surface area contributed by atoms with Crippen LogP contribution in [-0.2, 0) is 4.79 Å². The molecule has 3 rings (SSSR count). The van der Waals surface area contributed by atoms with E-state index in [9.17, 15) is 9.59 Å². The number of carbonyl (C=O) groups is 1. The molecule has 0 aliphatic heterocycles. The van der Waals surface area contributed by atoms with Crippen molar-refractivity contribution in [2.24, 2.45) is 0 Å². The van der Waals surface area contributed by atoms with Crippen LogP contribution in [0.2, 0.25) is 0 Å². The lowest BCUT2D eigenvalue weighted by molar-refractivity contribution is -0.117. The Morgan fingerprint density at radius 2 is 1.89 bits per heavy atom. The summed E-state index contributed by atoms with van der Waals surface area (Å²) in [5.74, 6) is -0.150. The highest BCUT2D eigenvalue weighted by atomic mass is 32.1. The van der Waals surface area contributed by atoms with Crippen LogP contribution in [0.25, 0.3) is 21.3 Å². The van der Waals surface area contributed by atoms with Crippen molar-refractivity contribution in [3.63, 3.8) is 0 Å². The van der Waals surface area contributed by atoms with Crippen molar-refractivity contribution in [1.82, 2.24) is 9.66 Å². The summed E-state index contributed by atoms with van der Waals surface area (Å²) in [5.41, 5.74) is 4.34. The second-order valence-electron chi connectivity index (χ2n) is 6.70. The minimum absolute atomic E-state index is 0.150. The van der Waals surface area contributed by atoms with E-state index in [-0.39, 0.29) is 11.5 Å². The number of aryl methyl sites for hydroxylation is 1. The largest absolute Gasteiger partial charge is 0.281 e. The molecule has 0 saturated carbocycles. The zero-order valence-electron chi connectivity index (χ0n) is 15.8. The molecule has 3 aromatic rings. The van der Waals surface area contributed by atoms with Gasteiger partial charge in [-0.3, -0.25) is 15.0 Å². The fourth-order valence-electron chi connectivity index (χ4n) is 3.21. The minimum atomic E-state index is -0.234. The summed E-state index contributed by atoms with van der Waals surface area (Å²) >= 11 is 1.50. The summed E-state index contributed by atoms with van der Waals surface area (Å²) < 4.78 is 1.22. The Hall–Kier alpha value is -2.47. The van der Waals surface area contributed by atoms with Crippen molar-refractivity contribution in [2.75, 3.05) is 5.43 Å². The molecule has 0 atom stereocenters. The molecule has 0 aliphatic carbocycles. The number of benzene rings is 1. The molecule has 0 unspecified atom stereocenters. The predicted octanol–water partition coefficient (Wildman–Crippen LogP) is 4.86. The Bertz CT molecular complexity index is 976. The molecule has 1 amide bonds. The van der Waals surface area contributed by atoms with Gasteiger partial charge in [-0.25, -0.2) is 9.66 Å². The second kappa shape index (κ2) is 8.95. The number of nitrogens with one attached hydrogen (secondary N) is 1.